The molecule has 92 valence electrons. The quantitative estimate of drug-likeness (QED) is 0.932. The van der Waals surface area contributed by atoms with E-state index in [4.69, 9.17) is 14.6 Å². The van der Waals surface area contributed by atoms with Crippen molar-refractivity contribution in [1.82, 2.24) is 0 Å². The summed E-state index contributed by atoms with van der Waals surface area (Å²) in [5.41, 5.74) is 0.171. The summed E-state index contributed by atoms with van der Waals surface area (Å²) in [5, 5.41) is 9.09. The molecule has 0 bridgehead atoms. The van der Waals surface area contributed by atoms with Crippen molar-refractivity contribution in [3.05, 3.63) is 28.2 Å². The molecule has 1 aromatic carbocycles. The van der Waals surface area contributed by atoms with Crippen LogP contribution >= 0.6 is 15.9 Å². The number of rotatable bonds is 3. The Morgan fingerprint density at radius 2 is 2.35 bits per heavy atom. The smallest absolute Gasteiger partial charge is 0.339 e. The third-order valence-corrected chi connectivity index (χ3v) is 3.08. The first-order valence-electron chi connectivity index (χ1n) is 5.44. The van der Waals surface area contributed by atoms with E-state index < -0.39 is 5.97 Å². The highest BCUT2D eigenvalue weighted by atomic mass is 79.9. The maximum atomic E-state index is 11.1. The minimum absolute atomic E-state index is 0.0528. The monoisotopic (exact) mass is 300 g/mol. The highest BCUT2D eigenvalue weighted by molar-refractivity contribution is 9.10. The molecule has 1 aliphatic heterocycles. The fourth-order valence-corrected chi connectivity index (χ4v) is 2.12. The normalized spacial score (nSPS) is 19.9. The van der Waals surface area contributed by atoms with Crippen LogP contribution in [0.15, 0.2) is 22.7 Å². The zero-order valence-corrected chi connectivity index (χ0v) is 10.8. The van der Waals surface area contributed by atoms with E-state index in [1.807, 2.05) is 0 Å². The van der Waals surface area contributed by atoms with Crippen LogP contribution in [-0.4, -0.2) is 30.4 Å². The molecule has 0 saturated carbocycles. The molecule has 1 unspecified atom stereocenters. The number of hydrogen-bond donors (Lipinski definition) is 1. The molecule has 2 rings (SSSR count). The molecule has 17 heavy (non-hydrogen) atoms. The van der Waals surface area contributed by atoms with Crippen LogP contribution in [0, 0.1) is 0 Å². The van der Waals surface area contributed by atoms with Gasteiger partial charge in [-0.3, -0.25) is 0 Å². The van der Waals surface area contributed by atoms with Gasteiger partial charge in [-0.1, -0.05) is 15.9 Å². The number of carboxylic acids is 1. The minimum Gasteiger partial charge on any atom is -0.487 e. The van der Waals surface area contributed by atoms with Gasteiger partial charge in [-0.15, -0.1) is 0 Å². The van der Waals surface area contributed by atoms with Gasteiger partial charge in [0.05, 0.1) is 6.61 Å². The van der Waals surface area contributed by atoms with E-state index in [1.165, 1.54) is 0 Å². The highest BCUT2D eigenvalue weighted by Crippen LogP contribution is 2.25. The number of carbonyl (C=O) groups is 1. The van der Waals surface area contributed by atoms with Gasteiger partial charge in [0.15, 0.2) is 0 Å². The van der Waals surface area contributed by atoms with Crippen LogP contribution in [0.2, 0.25) is 0 Å². The van der Waals surface area contributed by atoms with Crippen molar-refractivity contribution < 1.29 is 19.4 Å². The molecule has 1 aliphatic rings. The number of hydrogen-bond acceptors (Lipinski definition) is 3. The number of aromatic carboxylic acids is 1. The van der Waals surface area contributed by atoms with E-state index in [0.717, 1.165) is 23.9 Å². The van der Waals surface area contributed by atoms with Gasteiger partial charge in [0, 0.05) is 11.1 Å². The average molecular weight is 301 g/mol. The Morgan fingerprint density at radius 1 is 1.53 bits per heavy atom. The van der Waals surface area contributed by atoms with Crippen molar-refractivity contribution in [2.24, 2.45) is 0 Å². The maximum absolute atomic E-state index is 11.1. The van der Waals surface area contributed by atoms with Gasteiger partial charge in [0.1, 0.15) is 17.4 Å². The highest BCUT2D eigenvalue weighted by Gasteiger charge is 2.19. The second-order valence-corrected chi connectivity index (χ2v) is 4.82. The summed E-state index contributed by atoms with van der Waals surface area (Å²) in [6, 6.07) is 4.98. The van der Waals surface area contributed by atoms with Crippen molar-refractivity contribution in [2.75, 3.05) is 13.2 Å². The molecule has 4 nitrogen and oxygen atoms in total. The number of benzene rings is 1. The van der Waals surface area contributed by atoms with Gasteiger partial charge < -0.3 is 14.6 Å². The van der Waals surface area contributed by atoms with E-state index in [9.17, 15) is 4.79 Å². The van der Waals surface area contributed by atoms with Gasteiger partial charge in [-0.05, 0) is 31.0 Å². The summed E-state index contributed by atoms with van der Waals surface area (Å²) in [5.74, 6) is -0.589. The molecule has 0 aliphatic carbocycles. The Morgan fingerprint density at radius 3 is 3.00 bits per heavy atom. The van der Waals surface area contributed by atoms with Crippen LogP contribution in [0.25, 0.3) is 0 Å². The summed E-state index contributed by atoms with van der Waals surface area (Å²) >= 11 is 3.25. The minimum atomic E-state index is -0.988. The standard InChI is InChI=1S/C12H13BrO4/c13-8-3-4-11(10(6-8)12(14)15)17-9-2-1-5-16-7-9/h3-4,6,9H,1-2,5,7H2,(H,14,15). The molecule has 1 aromatic rings. The molecular formula is C12H13BrO4. The van der Waals surface area contributed by atoms with Gasteiger partial charge in [0.25, 0.3) is 0 Å². The first-order chi connectivity index (χ1) is 8.16. The zero-order valence-electron chi connectivity index (χ0n) is 9.19. The van der Waals surface area contributed by atoms with E-state index in [0.29, 0.717) is 12.4 Å². The van der Waals surface area contributed by atoms with E-state index in [-0.39, 0.29) is 11.7 Å². The second kappa shape index (κ2) is 5.51. The van der Waals surface area contributed by atoms with Crippen molar-refractivity contribution in [3.8, 4) is 5.75 Å². The van der Waals surface area contributed by atoms with Gasteiger partial charge in [-0.25, -0.2) is 4.79 Å². The molecule has 1 saturated heterocycles. The number of carboxylic acid groups (broad SMARTS) is 1. The summed E-state index contributed by atoms with van der Waals surface area (Å²) in [6.45, 7) is 1.28. The largest absolute Gasteiger partial charge is 0.487 e. The van der Waals surface area contributed by atoms with E-state index in [1.54, 1.807) is 18.2 Å². The summed E-state index contributed by atoms with van der Waals surface area (Å²) in [7, 11) is 0. The van der Waals surface area contributed by atoms with Crippen LogP contribution in [0.5, 0.6) is 5.75 Å². The molecule has 1 N–H and O–H groups in total. The fraction of sp³-hybridized carbons (Fsp3) is 0.417. The third kappa shape index (κ3) is 3.20. The lowest BCUT2D eigenvalue weighted by Gasteiger charge is -2.24. The number of halogens is 1. The van der Waals surface area contributed by atoms with E-state index >= 15 is 0 Å². The lowest BCUT2D eigenvalue weighted by atomic mass is 10.1. The average Bonchev–Trinajstić information content (AvgIpc) is 2.32. The lowest BCUT2D eigenvalue weighted by molar-refractivity contribution is 0.00678. The lowest BCUT2D eigenvalue weighted by Crippen LogP contribution is -2.28. The van der Waals surface area contributed by atoms with Crippen LogP contribution < -0.4 is 4.74 Å². The Hall–Kier alpha value is -1.07. The SMILES string of the molecule is O=C(O)c1cc(Br)ccc1OC1CCCOC1. The van der Waals surface area contributed by atoms with Crippen molar-refractivity contribution in [2.45, 2.75) is 18.9 Å². The van der Waals surface area contributed by atoms with Crippen molar-refractivity contribution >= 4 is 21.9 Å². The molecule has 0 radical (unpaired) electrons. The van der Waals surface area contributed by atoms with Crippen molar-refractivity contribution in [1.29, 1.82) is 0 Å². The first kappa shape index (κ1) is 12.4. The molecule has 0 amide bonds. The second-order valence-electron chi connectivity index (χ2n) is 3.90. The van der Waals surface area contributed by atoms with Gasteiger partial charge in [0.2, 0.25) is 0 Å². The Balaban J connectivity index is 2.16. The van der Waals surface area contributed by atoms with Crippen LogP contribution in [0.4, 0.5) is 0 Å². The summed E-state index contributed by atoms with van der Waals surface area (Å²) in [4.78, 5) is 11.1. The predicted octanol–water partition coefficient (Wildman–Crippen LogP) is 2.71. The molecule has 1 fully saturated rings. The Kier molecular flexibility index (Phi) is 4.02. The van der Waals surface area contributed by atoms with Crippen LogP contribution in [0.3, 0.4) is 0 Å². The predicted molar refractivity (Wildman–Crippen MR) is 65.6 cm³/mol. The summed E-state index contributed by atoms with van der Waals surface area (Å²) in [6.07, 6.45) is 1.79. The Labute approximate surface area is 108 Å². The fourth-order valence-electron chi connectivity index (χ4n) is 1.76. The third-order valence-electron chi connectivity index (χ3n) is 2.58. The van der Waals surface area contributed by atoms with Gasteiger partial charge in [-0.2, -0.15) is 0 Å². The maximum Gasteiger partial charge on any atom is 0.339 e. The number of ether oxygens (including phenoxy) is 2. The molecule has 0 spiro atoms. The molecule has 5 heteroatoms. The van der Waals surface area contributed by atoms with Crippen molar-refractivity contribution in [3.63, 3.8) is 0 Å². The van der Waals surface area contributed by atoms with Gasteiger partial charge >= 0.3 is 5.97 Å². The molecule has 1 heterocycles. The van der Waals surface area contributed by atoms with E-state index in [2.05, 4.69) is 15.9 Å². The Bertz CT molecular complexity index is 413. The summed E-state index contributed by atoms with van der Waals surface area (Å²) < 4.78 is 11.7. The first-order valence-corrected chi connectivity index (χ1v) is 6.23. The zero-order chi connectivity index (χ0) is 12.3. The topological polar surface area (TPSA) is 55.8 Å². The molecule has 1 atom stereocenters. The molecule has 0 aromatic heterocycles. The molecular weight excluding hydrogens is 288 g/mol. The van der Waals surface area contributed by atoms with Crippen LogP contribution in [-0.2, 0) is 4.74 Å². The van der Waals surface area contributed by atoms with Crippen LogP contribution in [0.1, 0.15) is 23.2 Å².